The molecular formula is C25H19ClF2N2O4. The number of aryl methyl sites for hydroxylation is 1. The molecule has 0 amide bonds. The Hall–Kier alpha value is -3.78. The third-order valence-electron chi connectivity index (χ3n) is 5.25. The molecule has 9 heteroatoms. The summed E-state index contributed by atoms with van der Waals surface area (Å²) in [6, 6.07) is 11.0. The first-order valence-corrected chi connectivity index (χ1v) is 10.7. The van der Waals surface area contributed by atoms with Crippen LogP contribution >= 0.6 is 11.6 Å². The van der Waals surface area contributed by atoms with Crippen LogP contribution in [-0.4, -0.2) is 22.5 Å². The van der Waals surface area contributed by atoms with Crippen LogP contribution in [0.5, 0.6) is 11.6 Å². The number of nitrogens with zero attached hydrogens (tertiary/aromatic N) is 1. The summed E-state index contributed by atoms with van der Waals surface area (Å²) in [7, 11) is 0. The van der Waals surface area contributed by atoms with Crippen molar-refractivity contribution in [1.82, 2.24) is 9.97 Å². The van der Waals surface area contributed by atoms with Gasteiger partial charge in [-0.3, -0.25) is 4.79 Å². The molecule has 34 heavy (non-hydrogen) atoms. The normalized spacial score (nSPS) is 11.0. The monoisotopic (exact) mass is 484 g/mol. The Morgan fingerprint density at radius 1 is 1.15 bits per heavy atom. The minimum absolute atomic E-state index is 0.0219. The lowest BCUT2D eigenvalue weighted by Crippen LogP contribution is -2.21. The fraction of sp³-hybridized carbons (Fsp3) is 0.160. The maximum Gasteiger partial charge on any atom is 0.344 e. The quantitative estimate of drug-likeness (QED) is 0.346. The van der Waals surface area contributed by atoms with E-state index in [0.717, 1.165) is 6.07 Å². The molecular weight excluding hydrogens is 466 g/mol. The topological polar surface area (TPSA) is 81.3 Å². The van der Waals surface area contributed by atoms with Crippen LogP contribution in [0.15, 0.2) is 47.3 Å². The molecule has 174 valence electrons. The van der Waals surface area contributed by atoms with Crippen LogP contribution < -0.4 is 10.2 Å². The highest BCUT2D eigenvalue weighted by Crippen LogP contribution is 2.37. The van der Waals surface area contributed by atoms with Crippen LogP contribution in [0.1, 0.15) is 28.5 Å². The molecule has 2 aromatic carbocycles. The fourth-order valence-electron chi connectivity index (χ4n) is 3.50. The summed E-state index contributed by atoms with van der Waals surface area (Å²) in [6.45, 7) is 4.60. The van der Waals surface area contributed by atoms with E-state index in [1.165, 1.54) is 13.0 Å². The molecule has 4 rings (SSSR count). The number of rotatable bonds is 5. The zero-order valence-corrected chi connectivity index (χ0v) is 19.2. The van der Waals surface area contributed by atoms with Crippen LogP contribution in [0.3, 0.4) is 0 Å². The van der Waals surface area contributed by atoms with Gasteiger partial charge in [0, 0.05) is 16.6 Å². The molecule has 0 atom stereocenters. The van der Waals surface area contributed by atoms with Crippen molar-refractivity contribution in [3.05, 3.63) is 86.2 Å². The van der Waals surface area contributed by atoms with Crippen LogP contribution in [0.4, 0.5) is 8.78 Å². The van der Waals surface area contributed by atoms with Gasteiger partial charge in [-0.2, -0.15) is 0 Å². The largest absolute Gasteiger partial charge is 0.462 e. The van der Waals surface area contributed by atoms with Crippen molar-refractivity contribution >= 4 is 28.5 Å². The van der Waals surface area contributed by atoms with Gasteiger partial charge < -0.3 is 14.5 Å². The first kappa shape index (κ1) is 23.4. The number of esters is 1. The van der Waals surface area contributed by atoms with E-state index >= 15 is 0 Å². The van der Waals surface area contributed by atoms with E-state index in [9.17, 15) is 18.4 Å². The molecule has 0 saturated heterocycles. The molecule has 0 unspecified atom stereocenters. The Kier molecular flexibility index (Phi) is 6.34. The molecule has 0 saturated carbocycles. The number of para-hydroxylation sites is 1. The van der Waals surface area contributed by atoms with Crippen molar-refractivity contribution in [3.8, 4) is 22.9 Å². The summed E-state index contributed by atoms with van der Waals surface area (Å²) in [5.74, 6) is -2.95. The average molecular weight is 485 g/mol. The number of benzene rings is 2. The summed E-state index contributed by atoms with van der Waals surface area (Å²) in [5.41, 5.74) is 0.0924. The number of ether oxygens (including phenoxy) is 2. The predicted octanol–water partition coefficient (Wildman–Crippen LogP) is 6.11. The van der Waals surface area contributed by atoms with Gasteiger partial charge in [0.05, 0.1) is 23.4 Å². The lowest BCUT2D eigenvalue weighted by molar-refractivity contribution is 0.0525. The minimum atomic E-state index is -1.05. The number of pyridine rings is 2. The Morgan fingerprint density at radius 3 is 2.62 bits per heavy atom. The number of halogens is 3. The summed E-state index contributed by atoms with van der Waals surface area (Å²) in [4.78, 5) is 33.2. The van der Waals surface area contributed by atoms with Gasteiger partial charge in [0.1, 0.15) is 16.3 Å². The van der Waals surface area contributed by atoms with Gasteiger partial charge in [-0.05, 0) is 45.0 Å². The van der Waals surface area contributed by atoms with Crippen LogP contribution in [-0.2, 0) is 4.74 Å². The standard InChI is InChI=1S/C25H19ClF2N2O4/c1-4-33-25(32)19-22(29-13(3)20(26)23(19)31)15-11-14-7-5-6-8-17(14)30-24(15)34-18-10-9-16(27)21(28)12(18)2/h5-11H,4H2,1-3H3,(H,29,31). The predicted molar refractivity (Wildman–Crippen MR) is 125 cm³/mol. The second-order valence-electron chi connectivity index (χ2n) is 7.48. The molecule has 0 aliphatic rings. The molecule has 0 radical (unpaired) electrons. The molecule has 0 aliphatic carbocycles. The van der Waals surface area contributed by atoms with Crippen molar-refractivity contribution in [2.45, 2.75) is 20.8 Å². The minimum Gasteiger partial charge on any atom is -0.462 e. The maximum absolute atomic E-state index is 14.2. The third-order valence-corrected chi connectivity index (χ3v) is 5.71. The molecule has 6 nitrogen and oxygen atoms in total. The molecule has 0 bridgehead atoms. The van der Waals surface area contributed by atoms with E-state index in [2.05, 4.69) is 9.97 Å². The number of carbonyl (C=O) groups excluding carboxylic acids is 1. The molecule has 0 fully saturated rings. The van der Waals surface area contributed by atoms with Gasteiger partial charge in [0.2, 0.25) is 11.3 Å². The van der Waals surface area contributed by atoms with Crippen LogP contribution in [0.2, 0.25) is 5.02 Å². The molecule has 4 aromatic rings. The summed E-state index contributed by atoms with van der Waals surface area (Å²) < 4.78 is 38.8. The lowest BCUT2D eigenvalue weighted by atomic mass is 10.0. The number of nitrogens with one attached hydrogen (secondary N) is 1. The second-order valence-corrected chi connectivity index (χ2v) is 7.86. The Balaban J connectivity index is 2.03. The molecule has 2 aromatic heterocycles. The number of hydrogen-bond donors (Lipinski definition) is 1. The Morgan fingerprint density at radius 2 is 1.88 bits per heavy atom. The van der Waals surface area contributed by atoms with Gasteiger partial charge in [0.15, 0.2) is 11.6 Å². The number of H-pyrrole nitrogens is 1. The van der Waals surface area contributed by atoms with Gasteiger partial charge in [-0.15, -0.1) is 0 Å². The van der Waals surface area contributed by atoms with Crippen LogP contribution in [0.25, 0.3) is 22.2 Å². The smallest absolute Gasteiger partial charge is 0.344 e. The average Bonchev–Trinajstić information content (AvgIpc) is 2.82. The Labute approximate surface area is 198 Å². The number of aromatic amines is 1. The number of hydrogen-bond acceptors (Lipinski definition) is 5. The molecule has 0 spiro atoms. The third kappa shape index (κ3) is 4.12. The van der Waals surface area contributed by atoms with Crippen molar-refractivity contribution in [1.29, 1.82) is 0 Å². The van der Waals surface area contributed by atoms with Crippen molar-refractivity contribution in [2.24, 2.45) is 0 Å². The van der Waals surface area contributed by atoms with Crippen molar-refractivity contribution < 1.29 is 23.0 Å². The second kappa shape index (κ2) is 9.23. The summed E-state index contributed by atoms with van der Waals surface area (Å²) in [5, 5.41) is 0.537. The van der Waals surface area contributed by atoms with Gasteiger partial charge >= 0.3 is 5.97 Å². The van der Waals surface area contributed by atoms with E-state index in [4.69, 9.17) is 21.1 Å². The van der Waals surface area contributed by atoms with E-state index in [-0.39, 0.29) is 45.6 Å². The number of fused-ring (bicyclic) bond motifs is 1. The van der Waals surface area contributed by atoms with E-state index in [0.29, 0.717) is 16.6 Å². The van der Waals surface area contributed by atoms with Gasteiger partial charge in [-0.1, -0.05) is 29.8 Å². The first-order valence-electron chi connectivity index (χ1n) is 10.3. The summed E-state index contributed by atoms with van der Waals surface area (Å²) in [6.07, 6.45) is 0. The highest BCUT2D eigenvalue weighted by molar-refractivity contribution is 6.31. The molecule has 1 N–H and O–H groups in total. The van der Waals surface area contributed by atoms with Gasteiger partial charge in [-0.25, -0.2) is 18.6 Å². The highest BCUT2D eigenvalue weighted by Gasteiger charge is 2.26. The highest BCUT2D eigenvalue weighted by atomic mass is 35.5. The number of carbonyl (C=O) groups is 1. The summed E-state index contributed by atoms with van der Waals surface area (Å²) >= 11 is 6.13. The molecule has 2 heterocycles. The SMILES string of the molecule is CCOC(=O)c1c(-c2cc3ccccc3nc2Oc2ccc(F)c(F)c2C)[nH]c(C)c(Cl)c1=O. The van der Waals surface area contributed by atoms with Crippen molar-refractivity contribution in [2.75, 3.05) is 6.61 Å². The fourth-order valence-corrected chi connectivity index (χ4v) is 3.64. The zero-order valence-electron chi connectivity index (χ0n) is 18.5. The van der Waals surface area contributed by atoms with Crippen LogP contribution in [0, 0.1) is 25.5 Å². The zero-order chi connectivity index (χ0) is 24.6. The first-order chi connectivity index (χ1) is 16.2. The number of aromatic nitrogens is 2. The van der Waals surface area contributed by atoms with Crippen molar-refractivity contribution in [3.63, 3.8) is 0 Å². The maximum atomic E-state index is 14.2. The van der Waals surface area contributed by atoms with Gasteiger partial charge in [0.25, 0.3) is 0 Å². The lowest BCUT2D eigenvalue weighted by Gasteiger charge is -2.16. The Bertz CT molecular complexity index is 1500. The van der Waals surface area contributed by atoms with E-state index < -0.39 is 23.0 Å². The van der Waals surface area contributed by atoms with E-state index in [1.54, 1.807) is 44.2 Å². The molecule has 0 aliphatic heterocycles. The van der Waals surface area contributed by atoms with E-state index in [1.807, 2.05) is 0 Å².